The molecule has 0 radical (unpaired) electrons. The van der Waals surface area contributed by atoms with Crippen molar-refractivity contribution in [2.24, 2.45) is 11.5 Å². The highest BCUT2D eigenvalue weighted by atomic mass is 16.4. The summed E-state index contributed by atoms with van der Waals surface area (Å²) in [6.07, 6.45) is 9.03. The number of primary amides is 1. The van der Waals surface area contributed by atoms with Crippen molar-refractivity contribution in [3.63, 3.8) is 0 Å². The SMILES string of the molecule is CCC(N)=[NH+]CCCC(NC(=O)c1ccc(-n2cc(CCCCC(=O)NCCCCCNC(C)=O)nn2)cc1)C(N)=O.CN(C)c1ccc2c(-c3ccccc3C(=O)[O-])c3ccc(=[N+](C)C)cc-3oc2c1. The van der Waals surface area contributed by atoms with E-state index in [2.05, 4.69) is 31.3 Å². The van der Waals surface area contributed by atoms with E-state index in [1.54, 1.807) is 41.1 Å². The first-order chi connectivity index (χ1) is 34.1. The summed E-state index contributed by atoms with van der Waals surface area (Å²) in [5, 5.41) is 30.5. The van der Waals surface area contributed by atoms with E-state index in [4.69, 9.17) is 15.9 Å². The Morgan fingerprint density at radius 1 is 0.859 bits per heavy atom. The second-order valence-corrected chi connectivity index (χ2v) is 17.6. The number of nitrogens with one attached hydrogen (secondary N) is 4. The second kappa shape index (κ2) is 26.8. The van der Waals surface area contributed by atoms with Crippen LogP contribution in [-0.4, -0.2) is 104 Å². The summed E-state index contributed by atoms with van der Waals surface area (Å²) in [5.41, 5.74) is 17.3. The second-order valence-electron chi connectivity index (χ2n) is 17.6. The Kier molecular flexibility index (Phi) is 20.4. The van der Waals surface area contributed by atoms with Crippen LogP contribution in [0.25, 0.3) is 39.1 Å². The summed E-state index contributed by atoms with van der Waals surface area (Å²) in [7, 11) is 7.88. The highest BCUT2D eigenvalue weighted by molar-refractivity contribution is 6.07. The Balaban J connectivity index is 0.000000281. The van der Waals surface area contributed by atoms with Crippen molar-refractivity contribution in [2.45, 2.75) is 84.1 Å². The van der Waals surface area contributed by atoms with Crippen LogP contribution in [0.15, 0.2) is 95.5 Å². The van der Waals surface area contributed by atoms with Crippen LogP contribution in [0, 0.1) is 0 Å². The minimum absolute atomic E-state index is 0.0214. The number of carbonyl (C=O) groups excluding carboxylic acids is 5. The van der Waals surface area contributed by atoms with Crippen LogP contribution in [0.4, 0.5) is 5.69 Å². The van der Waals surface area contributed by atoms with Gasteiger partial charge in [-0.25, -0.2) is 9.26 Å². The number of carboxylic acid groups (broad SMARTS) is 1. The van der Waals surface area contributed by atoms with Crippen LogP contribution < -0.4 is 52.3 Å². The summed E-state index contributed by atoms with van der Waals surface area (Å²) in [6, 6.07) is 24.9. The number of aryl methyl sites for hydroxylation is 1. The number of fused-ring (bicyclic) bond motifs is 2. The Hall–Kier alpha value is -7.89. The third-order valence-electron chi connectivity index (χ3n) is 11.8. The molecule has 0 bridgehead atoms. The fraction of sp³-hybridized carbons (Fsp3) is 0.377. The van der Waals surface area contributed by atoms with Gasteiger partial charge in [-0.2, -0.15) is 0 Å². The lowest BCUT2D eigenvalue weighted by Crippen LogP contribution is -2.75. The van der Waals surface area contributed by atoms with Crippen molar-refractivity contribution < 1.29 is 38.5 Å². The molecule has 2 aliphatic rings. The Labute approximate surface area is 414 Å². The molecule has 0 spiro atoms. The van der Waals surface area contributed by atoms with Gasteiger partial charge in [0.25, 0.3) is 5.91 Å². The summed E-state index contributed by atoms with van der Waals surface area (Å²) in [5.74, 6) is -0.779. The van der Waals surface area contributed by atoms with E-state index in [1.807, 2.05) is 99.3 Å². The summed E-state index contributed by atoms with van der Waals surface area (Å²) in [6.45, 7) is 5.35. The molecule has 0 fully saturated rings. The molecule has 1 atom stereocenters. The number of hydrogen-bond donors (Lipinski definition) is 6. The quantitative estimate of drug-likeness (QED) is 0.0179. The number of aromatic carboxylic acids is 1. The van der Waals surface area contributed by atoms with Gasteiger partial charge in [-0.1, -0.05) is 36.4 Å². The smallest absolute Gasteiger partial charge is 0.251 e. The number of nitrogens with two attached hydrogens (primary N) is 2. The first-order valence-corrected chi connectivity index (χ1v) is 24.0. The van der Waals surface area contributed by atoms with E-state index in [9.17, 15) is 29.1 Å². The molecule has 1 aliphatic heterocycles. The van der Waals surface area contributed by atoms with Crippen molar-refractivity contribution in [3.05, 3.63) is 113 Å². The predicted molar refractivity (Wildman–Crippen MR) is 274 cm³/mol. The number of hydrogen-bond acceptors (Lipinski definition) is 10. The van der Waals surface area contributed by atoms with Gasteiger partial charge in [0.15, 0.2) is 0 Å². The number of benzene rings is 4. The largest absolute Gasteiger partial charge is 0.545 e. The first-order valence-electron chi connectivity index (χ1n) is 24.0. The number of carboxylic acids is 1. The van der Waals surface area contributed by atoms with Crippen molar-refractivity contribution >= 4 is 52.1 Å². The molecule has 18 heteroatoms. The molecule has 0 saturated carbocycles. The zero-order chi connectivity index (χ0) is 51.5. The minimum Gasteiger partial charge on any atom is -0.545 e. The van der Waals surface area contributed by atoms with Crippen LogP contribution in [0.5, 0.6) is 0 Å². The summed E-state index contributed by atoms with van der Waals surface area (Å²) < 4.78 is 9.91. The average Bonchev–Trinajstić information content (AvgIpc) is 3.83. The first kappa shape index (κ1) is 54.1. The van der Waals surface area contributed by atoms with Crippen molar-refractivity contribution in [1.82, 2.24) is 35.5 Å². The Bertz CT molecular complexity index is 2850. The van der Waals surface area contributed by atoms with Gasteiger partial charge in [0.1, 0.15) is 31.5 Å². The van der Waals surface area contributed by atoms with E-state index in [1.165, 1.54) is 6.92 Å². The molecule has 0 saturated heterocycles. The molecule has 8 N–H and O–H groups in total. The fourth-order valence-corrected chi connectivity index (χ4v) is 7.70. The van der Waals surface area contributed by atoms with Gasteiger partial charge in [0.05, 0.1) is 36.2 Å². The van der Waals surface area contributed by atoms with Crippen molar-refractivity contribution in [3.8, 4) is 28.1 Å². The predicted octanol–water partition coefficient (Wildman–Crippen LogP) is 2.28. The van der Waals surface area contributed by atoms with E-state index >= 15 is 0 Å². The van der Waals surface area contributed by atoms with Crippen LogP contribution in [-0.2, 0) is 20.8 Å². The molecule has 3 aromatic carbocycles. The topological polar surface area (TPSA) is 261 Å². The number of nitrogens with zero attached hydrogens (tertiary/aromatic N) is 5. The number of amides is 4. The van der Waals surface area contributed by atoms with Gasteiger partial charge in [-0.05, 0) is 99.4 Å². The lowest BCUT2D eigenvalue weighted by atomic mass is 9.90. The van der Waals surface area contributed by atoms with E-state index < -0.39 is 17.9 Å². The van der Waals surface area contributed by atoms with E-state index in [0.717, 1.165) is 71.0 Å². The molecular formula is C53H68N11O7+. The Morgan fingerprint density at radius 3 is 2.27 bits per heavy atom. The van der Waals surface area contributed by atoms with Gasteiger partial charge in [0, 0.05) is 92.4 Å². The minimum atomic E-state index is -1.20. The molecule has 1 aliphatic carbocycles. The van der Waals surface area contributed by atoms with Gasteiger partial charge >= 0.3 is 0 Å². The molecule has 376 valence electrons. The zero-order valence-corrected chi connectivity index (χ0v) is 41.7. The van der Waals surface area contributed by atoms with Gasteiger partial charge in [-0.3, -0.25) is 29.9 Å². The molecule has 1 unspecified atom stereocenters. The lowest BCUT2D eigenvalue weighted by Gasteiger charge is -2.19. The third kappa shape index (κ3) is 16.1. The van der Waals surface area contributed by atoms with E-state index in [0.29, 0.717) is 80.0 Å². The number of aromatic nitrogens is 3. The Morgan fingerprint density at radius 2 is 1.59 bits per heavy atom. The molecule has 2 heterocycles. The third-order valence-corrected chi connectivity index (χ3v) is 11.8. The molecule has 6 rings (SSSR count). The van der Waals surface area contributed by atoms with E-state index in [-0.39, 0.29) is 23.3 Å². The molecule has 71 heavy (non-hydrogen) atoms. The molecule has 4 amide bonds. The highest BCUT2D eigenvalue weighted by Crippen LogP contribution is 2.41. The van der Waals surface area contributed by atoms with Gasteiger partial charge in [-0.15, -0.1) is 5.10 Å². The maximum Gasteiger partial charge on any atom is 0.251 e. The number of unbranched alkanes of at least 4 members (excludes halogenated alkanes) is 3. The number of rotatable bonds is 23. The van der Waals surface area contributed by atoms with Crippen molar-refractivity contribution in [2.75, 3.05) is 52.7 Å². The van der Waals surface area contributed by atoms with Gasteiger partial charge in [0.2, 0.25) is 28.9 Å². The zero-order valence-electron chi connectivity index (χ0n) is 41.7. The normalized spacial score (nSPS) is 11.6. The maximum absolute atomic E-state index is 12.7. The van der Waals surface area contributed by atoms with Crippen LogP contribution >= 0.6 is 0 Å². The molecular weight excluding hydrogens is 903 g/mol. The number of carbonyl (C=O) groups is 5. The summed E-state index contributed by atoms with van der Waals surface area (Å²) in [4.78, 5) is 64.2. The van der Waals surface area contributed by atoms with Crippen LogP contribution in [0.2, 0.25) is 0 Å². The van der Waals surface area contributed by atoms with Gasteiger partial charge < -0.3 is 40.9 Å². The average molecular weight is 971 g/mol. The molecule has 1 aromatic heterocycles. The number of amidine groups is 1. The monoisotopic (exact) mass is 971 g/mol. The number of anilines is 1. The van der Waals surface area contributed by atoms with Crippen LogP contribution in [0.3, 0.4) is 0 Å². The van der Waals surface area contributed by atoms with Crippen molar-refractivity contribution in [1.29, 1.82) is 0 Å². The van der Waals surface area contributed by atoms with Crippen LogP contribution in [0.1, 0.15) is 98.0 Å². The standard InChI is InChI=1S/C29H45N9O4.C24H22N2O3/c1-3-26(30)33-19-9-11-25(28(31)41)35-29(42)22-13-15-24(16-14-22)38-20-23(36-37-38)10-5-6-12-27(40)34-18-8-4-7-17-32-21(2)39;1-25(2)15-9-11-19-21(13-15)29-22-14-16(26(3)4)10-12-20(22)23(19)17-7-5-6-8-18(17)24(27)28/h13-16,20,25H,3-12,17-19H2,1-2H3,(H2,30,33)(H2,31,41)(H,32,39)(H,34,40)(H,35,42);5-14H,1-4H3/p+1. The lowest BCUT2D eigenvalue weighted by molar-refractivity contribution is -0.460. The highest BCUT2D eigenvalue weighted by Gasteiger charge is 2.22. The molecule has 18 nitrogen and oxygen atoms in total. The molecule has 4 aromatic rings. The summed E-state index contributed by atoms with van der Waals surface area (Å²) >= 11 is 0. The fourth-order valence-electron chi connectivity index (χ4n) is 7.70. The maximum atomic E-state index is 12.7.